The number of aryl methyl sites for hydroxylation is 1. The summed E-state index contributed by atoms with van der Waals surface area (Å²) in [6.07, 6.45) is 15.2. The molecule has 1 aromatic rings. The molecule has 1 nitrogen and oxygen atoms in total. The fraction of sp³-hybridized carbons (Fsp3) is 0.680. The number of hydrogen-bond acceptors (Lipinski definition) is 1. The van der Waals surface area contributed by atoms with Gasteiger partial charge in [0.05, 0.1) is 12.7 Å². The quantitative estimate of drug-likeness (QED) is 0.543. The third-order valence-electron chi connectivity index (χ3n) is 7.46. The van der Waals surface area contributed by atoms with E-state index < -0.39 is 0 Å². The lowest BCUT2D eigenvalue weighted by atomic mass is 9.65. The minimum absolute atomic E-state index is 0.0645. The average Bonchev–Trinajstić information content (AvgIpc) is 2.67. The first kappa shape index (κ1) is 19.2. The first-order chi connectivity index (χ1) is 13.1. The lowest BCUT2D eigenvalue weighted by Gasteiger charge is -2.42. The highest BCUT2D eigenvalue weighted by Gasteiger charge is 2.37. The molecule has 2 fully saturated rings. The second-order valence-electron chi connectivity index (χ2n) is 9.36. The summed E-state index contributed by atoms with van der Waals surface area (Å²) >= 11 is 0. The Hall–Kier alpha value is -1.15. The van der Waals surface area contributed by atoms with Crippen LogP contribution in [0.15, 0.2) is 24.3 Å². The molecule has 3 aliphatic rings. The highest BCUT2D eigenvalue weighted by Crippen LogP contribution is 2.47. The van der Waals surface area contributed by atoms with E-state index in [1.54, 1.807) is 0 Å². The summed E-state index contributed by atoms with van der Waals surface area (Å²) in [5.74, 6) is 2.74. The van der Waals surface area contributed by atoms with Crippen molar-refractivity contribution >= 4 is 0 Å². The second kappa shape index (κ2) is 8.47. The number of allylic oxidation sites excluding steroid dienone is 1. The second-order valence-corrected chi connectivity index (χ2v) is 9.36. The fourth-order valence-electron chi connectivity index (χ4n) is 5.86. The predicted molar refractivity (Wildman–Crippen MR) is 110 cm³/mol. The van der Waals surface area contributed by atoms with Crippen LogP contribution in [-0.4, -0.2) is 12.7 Å². The summed E-state index contributed by atoms with van der Waals surface area (Å²) in [7, 11) is 0. The Morgan fingerprint density at radius 2 is 1.85 bits per heavy atom. The average molecular weight is 371 g/mol. The van der Waals surface area contributed by atoms with Crippen molar-refractivity contribution in [1.29, 1.82) is 0 Å². The monoisotopic (exact) mass is 370 g/mol. The van der Waals surface area contributed by atoms with E-state index >= 15 is 0 Å². The van der Waals surface area contributed by atoms with Crippen molar-refractivity contribution in [2.24, 2.45) is 17.8 Å². The number of fused-ring (bicyclic) bond motifs is 2. The number of halogens is 1. The van der Waals surface area contributed by atoms with Crippen molar-refractivity contribution in [3.05, 3.63) is 46.8 Å². The minimum atomic E-state index is 0.0645. The smallest absolute Gasteiger partial charge is 0.126 e. The predicted octanol–water partition coefficient (Wildman–Crippen LogP) is 6.60. The molecule has 2 heteroatoms. The van der Waals surface area contributed by atoms with Gasteiger partial charge in [-0.15, -0.1) is 0 Å². The normalized spacial score (nSPS) is 33.7. The van der Waals surface area contributed by atoms with E-state index in [2.05, 4.69) is 25.1 Å². The molecule has 1 aromatic carbocycles. The highest BCUT2D eigenvalue weighted by atomic mass is 19.1. The first-order valence-electron chi connectivity index (χ1n) is 11.2. The molecular weight excluding hydrogens is 335 g/mol. The summed E-state index contributed by atoms with van der Waals surface area (Å²) in [6, 6.07) is 4.12. The van der Waals surface area contributed by atoms with Crippen LogP contribution in [0.1, 0.15) is 81.4 Å². The van der Waals surface area contributed by atoms with Crippen molar-refractivity contribution in [2.75, 3.05) is 6.61 Å². The van der Waals surface area contributed by atoms with Gasteiger partial charge < -0.3 is 4.74 Å². The summed E-state index contributed by atoms with van der Waals surface area (Å²) in [5, 5.41) is 0. The number of ether oxygens (including phenoxy) is 1. The summed E-state index contributed by atoms with van der Waals surface area (Å²) in [4.78, 5) is 0. The largest absolute Gasteiger partial charge is 0.374 e. The van der Waals surface area contributed by atoms with E-state index in [0.717, 1.165) is 43.3 Å². The Balaban J connectivity index is 1.40. The van der Waals surface area contributed by atoms with Crippen LogP contribution in [0.4, 0.5) is 4.39 Å². The zero-order chi connectivity index (χ0) is 18.8. The van der Waals surface area contributed by atoms with E-state index in [4.69, 9.17) is 4.74 Å². The van der Waals surface area contributed by atoms with Gasteiger partial charge in [0.15, 0.2) is 0 Å². The third kappa shape index (κ3) is 4.31. The molecule has 4 rings (SSSR count). The van der Waals surface area contributed by atoms with Crippen LogP contribution in [0.25, 0.3) is 0 Å². The van der Waals surface area contributed by atoms with Gasteiger partial charge in [0, 0.05) is 0 Å². The van der Waals surface area contributed by atoms with Crippen LogP contribution < -0.4 is 0 Å². The van der Waals surface area contributed by atoms with E-state index in [9.17, 15) is 4.39 Å². The van der Waals surface area contributed by atoms with Crippen LogP contribution in [0.3, 0.4) is 0 Å². The van der Waals surface area contributed by atoms with Gasteiger partial charge in [0.25, 0.3) is 0 Å². The lowest BCUT2D eigenvalue weighted by Crippen LogP contribution is -2.34. The summed E-state index contributed by atoms with van der Waals surface area (Å²) < 4.78 is 20.9. The van der Waals surface area contributed by atoms with Gasteiger partial charge in [-0.25, -0.2) is 4.39 Å². The Labute approximate surface area is 164 Å². The van der Waals surface area contributed by atoms with Gasteiger partial charge in [0.1, 0.15) is 5.82 Å². The van der Waals surface area contributed by atoms with Crippen molar-refractivity contribution in [1.82, 2.24) is 0 Å². The Bertz CT molecular complexity index is 679. The summed E-state index contributed by atoms with van der Waals surface area (Å²) in [6.45, 7) is 5.08. The maximum atomic E-state index is 14.9. The third-order valence-corrected chi connectivity index (χ3v) is 7.46. The minimum Gasteiger partial charge on any atom is -0.374 e. The molecule has 0 amide bonds. The van der Waals surface area contributed by atoms with Gasteiger partial charge in [-0.3, -0.25) is 0 Å². The maximum Gasteiger partial charge on any atom is 0.126 e. The molecule has 148 valence electrons. The molecule has 2 saturated carbocycles. The Morgan fingerprint density at radius 3 is 2.70 bits per heavy atom. The molecule has 3 aliphatic carbocycles. The van der Waals surface area contributed by atoms with Gasteiger partial charge >= 0.3 is 0 Å². The topological polar surface area (TPSA) is 9.23 Å². The molecule has 0 heterocycles. The van der Waals surface area contributed by atoms with Gasteiger partial charge in [-0.2, -0.15) is 0 Å². The molecule has 0 aliphatic heterocycles. The molecule has 5 atom stereocenters. The van der Waals surface area contributed by atoms with Crippen molar-refractivity contribution < 1.29 is 9.13 Å². The molecule has 0 saturated heterocycles. The fourth-order valence-corrected chi connectivity index (χ4v) is 5.86. The number of benzene rings is 1. The first-order valence-corrected chi connectivity index (χ1v) is 11.2. The van der Waals surface area contributed by atoms with E-state index in [-0.39, 0.29) is 5.82 Å². The van der Waals surface area contributed by atoms with Crippen LogP contribution >= 0.6 is 0 Å². The van der Waals surface area contributed by atoms with Crippen LogP contribution in [0.5, 0.6) is 0 Å². The Kier molecular flexibility index (Phi) is 6.02. The van der Waals surface area contributed by atoms with E-state index in [0.29, 0.717) is 17.9 Å². The van der Waals surface area contributed by atoms with Crippen molar-refractivity contribution in [3.8, 4) is 0 Å². The SMILES string of the molecule is C/C=C/COC1CCC2CC(c3cc4c(cc3F)CC(C)CC4)CCC2C1. The van der Waals surface area contributed by atoms with Crippen LogP contribution in [0, 0.1) is 23.6 Å². The van der Waals surface area contributed by atoms with E-state index in [1.165, 1.54) is 49.7 Å². The van der Waals surface area contributed by atoms with Crippen molar-refractivity contribution in [2.45, 2.75) is 83.7 Å². The lowest BCUT2D eigenvalue weighted by molar-refractivity contribution is -0.00334. The van der Waals surface area contributed by atoms with Gasteiger partial charge in [-0.1, -0.05) is 25.1 Å². The highest BCUT2D eigenvalue weighted by molar-refractivity contribution is 5.37. The Morgan fingerprint density at radius 1 is 1.04 bits per heavy atom. The van der Waals surface area contributed by atoms with Gasteiger partial charge in [0.2, 0.25) is 0 Å². The molecule has 27 heavy (non-hydrogen) atoms. The zero-order valence-electron chi connectivity index (χ0n) is 17.1. The molecule has 0 N–H and O–H groups in total. The molecule has 0 aromatic heterocycles. The molecule has 5 unspecified atom stereocenters. The molecule has 0 spiro atoms. The van der Waals surface area contributed by atoms with E-state index in [1.807, 2.05) is 13.0 Å². The molecule has 0 radical (unpaired) electrons. The number of hydrogen-bond donors (Lipinski definition) is 0. The molecule has 0 bridgehead atoms. The maximum absolute atomic E-state index is 14.9. The number of rotatable bonds is 4. The van der Waals surface area contributed by atoms with Crippen molar-refractivity contribution in [3.63, 3.8) is 0 Å². The summed E-state index contributed by atoms with van der Waals surface area (Å²) in [5.41, 5.74) is 3.71. The van der Waals surface area contributed by atoms with Gasteiger partial charge in [-0.05, 0) is 111 Å². The zero-order valence-corrected chi connectivity index (χ0v) is 17.1. The van der Waals surface area contributed by atoms with Crippen LogP contribution in [-0.2, 0) is 17.6 Å². The standard InChI is InChI=1S/C25H35FO/c1-3-4-11-27-23-10-9-18-13-21(8-7-19(18)14-23)24-15-20-6-5-17(2)12-22(20)16-25(24)26/h3-4,15-19,21,23H,5-14H2,1-2H3/b4-3+. The van der Waals surface area contributed by atoms with Crippen LogP contribution in [0.2, 0.25) is 0 Å². The molecular formula is C25H35FO.